The number of hydrazine groups is 1. The molecule has 0 aliphatic carbocycles. The number of hydrogen-bond acceptors (Lipinski definition) is 9. The van der Waals surface area contributed by atoms with Crippen molar-refractivity contribution in [2.24, 2.45) is 0 Å². The van der Waals surface area contributed by atoms with Crippen molar-refractivity contribution in [1.82, 2.24) is 10.9 Å². The van der Waals surface area contributed by atoms with E-state index in [0.717, 1.165) is 24.3 Å². The summed E-state index contributed by atoms with van der Waals surface area (Å²) < 4.78 is 10.1. The Hall–Kier alpha value is -5.01. The first-order chi connectivity index (χ1) is 19.0. The molecule has 3 aromatic carbocycles. The van der Waals surface area contributed by atoms with Crippen molar-refractivity contribution in [2.75, 3.05) is 0 Å². The lowest BCUT2D eigenvalue weighted by Crippen LogP contribution is -2.54. The van der Waals surface area contributed by atoms with Crippen molar-refractivity contribution in [3.63, 3.8) is 0 Å². The summed E-state index contributed by atoms with van der Waals surface area (Å²) in [6.07, 6.45) is -4.75. The van der Waals surface area contributed by atoms with Crippen LogP contribution in [0.2, 0.25) is 10.0 Å². The number of carboxylic acids is 1. The third-order valence-corrected chi connectivity index (χ3v) is 5.73. The number of nitrogens with one attached hydrogen (secondary N) is 2. The van der Waals surface area contributed by atoms with Gasteiger partial charge >= 0.3 is 17.9 Å². The van der Waals surface area contributed by atoms with Gasteiger partial charge in [-0.3, -0.25) is 30.6 Å². The number of nitrogens with zero attached hydrogens (tertiary/aromatic N) is 1. The van der Waals surface area contributed by atoms with Gasteiger partial charge in [0.05, 0.1) is 26.1 Å². The Balaban J connectivity index is 1.86. The van der Waals surface area contributed by atoms with Gasteiger partial charge in [0.25, 0.3) is 17.5 Å². The highest BCUT2D eigenvalue weighted by atomic mass is 35.5. The fourth-order valence-electron chi connectivity index (χ4n) is 3.10. The van der Waals surface area contributed by atoms with Gasteiger partial charge < -0.3 is 14.6 Å². The van der Waals surface area contributed by atoms with Crippen molar-refractivity contribution in [1.29, 1.82) is 0 Å². The van der Waals surface area contributed by atoms with Gasteiger partial charge in [0, 0.05) is 17.7 Å². The first-order valence-electron chi connectivity index (χ1n) is 11.0. The predicted octanol–water partition coefficient (Wildman–Crippen LogP) is 3.20. The van der Waals surface area contributed by atoms with E-state index >= 15 is 0 Å². The van der Waals surface area contributed by atoms with Gasteiger partial charge in [-0.15, -0.1) is 0 Å². The van der Waals surface area contributed by atoms with Crippen LogP contribution in [0.3, 0.4) is 0 Å². The molecule has 0 bridgehead atoms. The molecule has 206 valence electrons. The predicted molar refractivity (Wildman–Crippen MR) is 138 cm³/mol. The van der Waals surface area contributed by atoms with Gasteiger partial charge in [-0.25, -0.2) is 14.4 Å². The Labute approximate surface area is 234 Å². The monoisotopic (exact) mass is 589 g/mol. The molecule has 15 heteroatoms. The van der Waals surface area contributed by atoms with Gasteiger partial charge in [-0.05, 0) is 36.4 Å². The van der Waals surface area contributed by atoms with E-state index in [4.69, 9.17) is 32.7 Å². The molecule has 0 saturated carbocycles. The molecule has 0 saturated heterocycles. The molecule has 0 aromatic heterocycles. The molecule has 2 amide bonds. The molecule has 13 nitrogen and oxygen atoms in total. The normalized spacial score (nSPS) is 11.8. The Morgan fingerprint density at radius 1 is 0.750 bits per heavy atom. The van der Waals surface area contributed by atoms with Crippen LogP contribution < -0.4 is 10.9 Å². The van der Waals surface area contributed by atoms with Crippen molar-refractivity contribution in [3.05, 3.63) is 110 Å². The van der Waals surface area contributed by atoms with Gasteiger partial charge in [-0.1, -0.05) is 47.5 Å². The maximum absolute atomic E-state index is 13.0. The number of hydrogen-bond donors (Lipinski definition) is 3. The first kappa shape index (κ1) is 29.5. The molecule has 0 heterocycles. The van der Waals surface area contributed by atoms with Crippen LogP contribution in [-0.4, -0.2) is 52.0 Å². The molecule has 3 aromatic rings. The lowest BCUT2D eigenvalue weighted by molar-refractivity contribution is -0.384. The number of nitro groups is 1. The van der Waals surface area contributed by atoms with Crippen LogP contribution in [0, 0.1) is 10.1 Å². The summed E-state index contributed by atoms with van der Waals surface area (Å²) in [5.41, 5.74) is 2.96. The minimum atomic E-state index is -2.41. The second-order valence-corrected chi connectivity index (χ2v) is 8.51. The van der Waals surface area contributed by atoms with E-state index in [1.165, 1.54) is 48.5 Å². The Kier molecular flexibility index (Phi) is 9.73. The lowest BCUT2D eigenvalue weighted by atomic mass is 10.1. The Bertz CT molecular complexity index is 1480. The van der Waals surface area contributed by atoms with Crippen LogP contribution in [0.5, 0.6) is 0 Å². The zero-order chi connectivity index (χ0) is 29.4. The number of ether oxygens (including phenoxy) is 2. The quantitative estimate of drug-likeness (QED) is 0.189. The summed E-state index contributed by atoms with van der Waals surface area (Å²) in [5.74, 6) is -6.74. The number of rotatable bonds is 9. The molecule has 2 atom stereocenters. The highest BCUT2D eigenvalue weighted by Gasteiger charge is 2.41. The van der Waals surface area contributed by atoms with Gasteiger partial charge in [0.2, 0.25) is 12.2 Å². The average molecular weight is 590 g/mol. The number of benzene rings is 3. The minimum Gasteiger partial charge on any atom is -0.478 e. The number of halogens is 2. The summed E-state index contributed by atoms with van der Waals surface area (Å²) in [4.78, 5) is 73.0. The van der Waals surface area contributed by atoms with Crippen molar-refractivity contribution in [2.45, 2.75) is 12.2 Å². The maximum Gasteiger partial charge on any atom is 0.349 e. The van der Waals surface area contributed by atoms with Crippen LogP contribution >= 0.6 is 23.2 Å². The van der Waals surface area contributed by atoms with E-state index in [-0.39, 0.29) is 32.4 Å². The summed E-state index contributed by atoms with van der Waals surface area (Å²) in [7, 11) is 0. The number of carbonyl (C=O) groups excluding carboxylic acids is 4. The van der Waals surface area contributed by atoms with E-state index in [1.807, 2.05) is 10.9 Å². The molecule has 3 rings (SSSR count). The van der Waals surface area contributed by atoms with Crippen molar-refractivity contribution in [3.8, 4) is 0 Å². The number of carboxylic acid groups (broad SMARTS) is 1. The van der Waals surface area contributed by atoms with Crippen molar-refractivity contribution >= 4 is 58.6 Å². The number of amides is 2. The molecule has 0 spiro atoms. The number of nitro benzene ring substituents is 1. The molecule has 0 fully saturated rings. The standard InChI is InChI=1S/C25H17Cl2N3O10/c26-17-7-3-1-5-15(17)24(35)39-19(20(23(33)34)40-25(36)16-6-2-4-8-18(16)27)22(32)29-28-21(31)13-9-11-14(12-10-13)30(37)38/h1-12,19-20H,(H,28,31)(H,29,32)(H,33,34)/t19-,20-/m0/s1. The summed E-state index contributed by atoms with van der Waals surface area (Å²) in [5, 5.41) is 20.4. The molecule has 0 radical (unpaired) electrons. The van der Waals surface area contributed by atoms with E-state index in [2.05, 4.69) is 0 Å². The molecular weight excluding hydrogens is 573 g/mol. The average Bonchev–Trinajstić information content (AvgIpc) is 2.93. The van der Waals surface area contributed by atoms with Crippen LogP contribution in [0.15, 0.2) is 72.8 Å². The highest BCUT2D eigenvalue weighted by Crippen LogP contribution is 2.21. The Morgan fingerprint density at radius 2 is 1.23 bits per heavy atom. The Morgan fingerprint density at radius 3 is 1.68 bits per heavy atom. The second kappa shape index (κ2) is 13.2. The van der Waals surface area contributed by atoms with Gasteiger partial charge in [0.15, 0.2) is 0 Å². The fourth-order valence-corrected chi connectivity index (χ4v) is 3.53. The SMILES string of the molecule is O=C(NNC(=O)[C@@H](OC(=O)c1ccccc1Cl)[C@H](OC(=O)c1ccccc1Cl)C(=O)O)c1ccc([N+](=O)[O-])cc1. The maximum atomic E-state index is 13.0. The number of carbonyl (C=O) groups is 5. The molecule has 0 aliphatic rings. The first-order valence-corrected chi connectivity index (χ1v) is 11.7. The topological polar surface area (TPSA) is 191 Å². The zero-order valence-electron chi connectivity index (χ0n) is 19.9. The van der Waals surface area contributed by atoms with Gasteiger partial charge in [-0.2, -0.15) is 0 Å². The minimum absolute atomic E-state index is 0.0823. The molecule has 0 unspecified atom stereocenters. The van der Waals surface area contributed by atoms with Gasteiger partial charge in [0.1, 0.15) is 0 Å². The smallest absolute Gasteiger partial charge is 0.349 e. The molecule has 0 aliphatic heterocycles. The van der Waals surface area contributed by atoms with E-state index < -0.39 is 46.9 Å². The fraction of sp³-hybridized carbons (Fsp3) is 0.0800. The van der Waals surface area contributed by atoms with E-state index in [9.17, 15) is 39.2 Å². The highest BCUT2D eigenvalue weighted by molar-refractivity contribution is 6.34. The lowest BCUT2D eigenvalue weighted by Gasteiger charge is -2.24. The van der Waals surface area contributed by atoms with E-state index in [1.54, 1.807) is 0 Å². The van der Waals surface area contributed by atoms with Crippen LogP contribution in [0.1, 0.15) is 31.1 Å². The largest absolute Gasteiger partial charge is 0.478 e. The van der Waals surface area contributed by atoms with Crippen LogP contribution in [-0.2, 0) is 19.1 Å². The second-order valence-electron chi connectivity index (χ2n) is 7.70. The summed E-state index contributed by atoms with van der Waals surface area (Å²) >= 11 is 12.0. The third-order valence-electron chi connectivity index (χ3n) is 5.07. The molecule has 3 N–H and O–H groups in total. The number of non-ortho nitro benzene ring substituents is 1. The number of aliphatic carboxylic acids is 1. The molecule has 40 heavy (non-hydrogen) atoms. The van der Waals surface area contributed by atoms with Crippen LogP contribution in [0.25, 0.3) is 0 Å². The third kappa shape index (κ3) is 7.30. The number of esters is 2. The van der Waals surface area contributed by atoms with Crippen molar-refractivity contribution < 1.29 is 43.5 Å². The molecular formula is C25H17Cl2N3O10. The van der Waals surface area contributed by atoms with Crippen LogP contribution in [0.4, 0.5) is 5.69 Å². The summed E-state index contributed by atoms with van der Waals surface area (Å²) in [6, 6.07) is 15.3. The summed E-state index contributed by atoms with van der Waals surface area (Å²) in [6.45, 7) is 0. The zero-order valence-corrected chi connectivity index (χ0v) is 21.4. The van der Waals surface area contributed by atoms with E-state index in [0.29, 0.717) is 0 Å².